The monoisotopic (exact) mass is 522 g/mol. The van der Waals surface area contributed by atoms with Crippen molar-refractivity contribution in [2.75, 3.05) is 0 Å². The van der Waals surface area contributed by atoms with Crippen LogP contribution in [-0.4, -0.2) is 20.4 Å². The Balaban J connectivity index is 0.000000142. The predicted molar refractivity (Wildman–Crippen MR) is 144 cm³/mol. The molecule has 0 bridgehead atoms. The number of hydrogen-bond acceptors (Lipinski definition) is 9. The van der Waals surface area contributed by atoms with Gasteiger partial charge in [-0.1, -0.05) is 12.1 Å². The minimum atomic E-state index is -0.539. The van der Waals surface area contributed by atoms with E-state index in [9.17, 15) is 30.0 Å². The van der Waals surface area contributed by atoms with Gasteiger partial charge >= 0.3 is 5.63 Å². The molecule has 0 amide bonds. The third kappa shape index (κ3) is 4.17. The molecule has 4 N–H and O–H groups in total. The zero-order valence-electron chi connectivity index (χ0n) is 19.9. The van der Waals surface area contributed by atoms with Crippen molar-refractivity contribution in [3.63, 3.8) is 0 Å². The summed E-state index contributed by atoms with van der Waals surface area (Å²) < 4.78 is 16.2. The van der Waals surface area contributed by atoms with E-state index < -0.39 is 5.63 Å². The van der Waals surface area contributed by atoms with Crippen molar-refractivity contribution < 1.29 is 33.7 Å². The zero-order chi connectivity index (χ0) is 27.3. The highest BCUT2D eigenvalue weighted by atomic mass is 16.4. The van der Waals surface area contributed by atoms with Gasteiger partial charge in [0, 0.05) is 23.6 Å². The van der Waals surface area contributed by atoms with Gasteiger partial charge in [-0.05, 0) is 54.1 Å². The summed E-state index contributed by atoms with van der Waals surface area (Å²) in [5, 5.41) is 39.4. The van der Waals surface area contributed by atoms with Gasteiger partial charge in [-0.2, -0.15) is 0 Å². The normalized spacial score (nSPS) is 11.2. The van der Waals surface area contributed by atoms with Gasteiger partial charge in [0.15, 0.2) is 11.0 Å². The van der Waals surface area contributed by atoms with Crippen LogP contribution < -0.4 is 11.1 Å². The van der Waals surface area contributed by atoms with Gasteiger partial charge in [-0.25, -0.2) is 4.79 Å². The van der Waals surface area contributed by atoms with Crippen LogP contribution in [0.25, 0.3) is 55.0 Å². The molecule has 192 valence electrons. The zero-order valence-corrected chi connectivity index (χ0v) is 19.9. The molecular weight excluding hydrogens is 504 g/mol. The summed E-state index contributed by atoms with van der Waals surface area (Å²) in [6.45, 7) is 0. The SMILES string of the molecule is O=c1c(-c2ccc(O)cc2)coc2cc(O)ccc12.O=c1oc2cc(O)ccc2c2oc3cc(O)ccc3c12. The lowest BCUT2D eigenvalue weighted by atomic mass is 10.1. The standard InChI is InChI=1S/C15H8O5.C15H10O4/c16-7-1-3-9-11(5-7)19-14-10-4-2-8(17)6-12(10)20-15(18)13(9)14;16-10-3-1-9(2-4-10)13-8-19-14-7-11(17)5-6-12(14)15(13)18/h1-6,16-17H;1-8,16-17H. The minimum Gasteiger partial charge on any atom is -0.508 e. The fraction of sp³-hybridized carbons (Fsp3) is 0. The number of hydrogen-bond donors (Lipinski definition) is 4. The molecular formula is C30H18O9. The fourth-order valence-corrected chi connectivity index (χ4v) is 4.37. The Hall–Kier alpha value is -5.70. The quantitative estimate of drug-likeness (QED) is 0.191. The lowest BCUT2D eigenvalue weighted by Crippen LogP contribution is -2.04. The van der Waals surface area contributed by atoms with Crippen LogP contribution in [0.3, 0.4) is 0 Å². The van der Waals surface area contributed by atoms with E-state index in [2.05, 4.69) is 0 Å². The van der Waals surface area contributed by atoms with E-state index in [0.29, 0.717) is 49.4 Å². The Morgan fingerprint density at radius 2 is 1.08 bits per heavy atom. The second kappa shape index (κ2) is 9.00. The van der Waals surface area contributed by atoms with E-state index in [1.165, 1.54) is 60.9 Å². The van der Waals surface area contributed by atoms with E-state index in [-0.39, 0.29) is 34.0 Å². The van der Waals surface area contributed by atoms with Crippen molar-refractivity contribution in [3.8, 4) is 34.1 Å². The Morgan fingerprint density at radius 3 is 1.74 bits per heavy atom. The minimum absolute atomic E-state index is 0.00811. The maximum atomic E-state index is 12.3. The largest absolute Gasteiger partial charge is 0.508 e. The van der Waals surface area contributed by atoms with E-state index in [4.69, 9.17) is 13.3 Å². The molecule has 7 rings (SSSR count). The van der Waals surface area contributed by atoms with Gasteiger partial charge in [0.05, 0.1) is 16.3 Å². The number of fused-ring (bicyclic) bond motifs is 6. The molecule has 0 atom stereocenters. The topological polar surface area (TPSA) is 154 Å². The third-order valence-electron chi connectivity index (χ3n) is 6.23. The van der Waals surface area contributed by atoms with Crippen LogP contribution in [0.1, 0.15) is 0 Å². The molecule has 0 fully saturated rings. The molecule has 0 aliphatic carbocycles. The highest BCUT2D eigenvalue weighted by Gasteiger charge is 2.16. The van der Waals surface area contributed by atoms with Crippen molar-refractivity contribution in [2.24, 2.45) is 0 Å². The van der Waals surface area contributed by atoms with Gasteiger partial charge < -0.3 is 33.7 Å². The summed E-state index contributed by atoms with van der Waals surface area (Å²) in [4.78, 5) is 24.4. The van der Waals surface area contributed by atoms with Crippen LogP contribution in [-0.2, 0) is 0 Å². The number of phenols is 4. The van der Waals surface area contributed by atoms with Crippen LogP contribution in [0.4, 0.5) is 0 Å². The van der Waals surface area contributed by atoms with Gasteiger partial charge in [-0.3, -0.25) is 4.79 Å². The maximum Gasteiger partial charge on any atom is 0.348 e. The van der Waals surface area contributed by atoms with Crippen molar-refractivity contribution in [3.05, 3.63) is 106 Å². The molecule has 39 heavy (non-hydrogen) atoms. The lowest BCUT2D eigenvalue weighted by molar-refractivity contribution is 0.473. The molecule has 3 heterocycles. The first kappa shape index (κ1) is 23.7. The highest BCUT2D eigenvalue weighted by Crippen LogP contribution is 2.34. The summed E-state index contributed by atoms with van der Waals surface area (Å²) in [6, 6.07) is 19.7. The highest BCUT2D eigenvalue weighted by molar-refractivity contribution is 6.13. The van der Waals surface area contributed by atoms with Gasteiger partial charge in [-0.15, -0.1) is 0 Å². The lowest BCUT2D eigenvalue weighted by Gasteiger charge is -2.03. The molecule has 3 aromatic heterocycles. The van der Waals surface area contributed by atoms with Crippen LogP contribution >= 0.6 is 0 Å². The van der Waals surface area contributed by atoms with E-state index in [1.807, 2.05) is 0 Å². The smallest absolute Gasteiger partial charge is 0.348 e. The Kier molecular flexibility index (Phi) is 5.46. The molecule has 0 aliphatic rings. The van der Waals surface area contributed by atoms with Crippen molar-refractivity contribution in [1.29, 1.82) is 0 Å². The van der Waals surface area contributed by atoms with Crippen LogP contribution in [0.5, 0.6) is 23.0 Å². The molecule has 9 nitrogen and oxygen atoms in total. The van der Waals surface area contributed by atoms with E-state index in [1.54, 1.807) is 24.3 Å². The number of benzene rings is 4. The first-order chi connectivity index (χ1) is 18.8. The van der Waals surface area contributed by atoms with E-state index >= 15 is 0 Å². The second-order valence-electron chi connectivity index (χ2n) is 8.76. The Bertz CT molecular complexity index is 2150. The first-order valence-electron chi connectivity index (χ1n) is 11.6. The molecule has 0 aliphatic heterocycles. The molecule has 0 radical (unpaired) electrons. The summed E-state index contributed by atoms with van der Waals surface area (Å²) >= 11 is 0. The second-order valence-corrected chi connectivity index (χ2v) is 8.76. The number of phenolic OH excluding ortho intramolecular Hbond substituents is 4. The average Bonchev–Trinajstić information content (AvgIpc) is 3.29. The fourth-order valence-electron chi connectivity index (χ4n) is 4.37. The van der Waals surface area contributed by atoms with Crippen LogP contribution in [0.15, 0.2) is 108 Å². The average molecular weight is 522 g/mol. The van der Waals surface area contributed by atoms with Crippen molar-refractivity contribution in [2.45, 2.75) is 0 Å². The van der Waals surface area contributed by atoms with Crippen LogP contribution in [0.2, 0.25) is 0 Å². The summed E-state index contributed by atoms with van der Waals surface area (Å²) in [7, 11) is 0. The molecule has 0 saturated carbocycles. The molecule has 0 spiro atoms. The molecule has 0 saturated heterocycles. The Labute approximate surface area is 217 Å². The maximum absolute atomic E-state index is 12.3. The van der Waals surface area contributed by atoms with Gasteiger partial charge in [0.1, 0.15) is 51.4 Å². The number of aromatic hydroxyl groups is 4. The molecule has 7 aromatic rings. The van der Waals surface area contributed by atoms with Crippen molar-refractivity contribution >= 4 is 43.9 Å². The number of furan rings is 1. The Morgan fingerprint density at radius 1 is 0.538 bits per heavy atom. The summed E-state index contributed by atoms with van der Waals surface area (Å²) in [5.74, 6) is 0.253. The first-order valence-corrected chi connectivity index (χ1v) is 11.6. The number of rotatable bonds is 1. The summed E-state index contributed by atoms with van der Waals surface area (Å²) in [5.41, 5.74) is 1.76. The van der Waals surface area contributed by atoms with E-state index in [0.717, 1.165) is 0 Å². The molecule has 4 aromatic carbocycles. The van der Waals surface area contributed by atoms with Gasteiger partial charge in [0.2, 0.25) is 0 Å². The molecule has 0 unspecified atom stereocenters. The predicted octanol–water partition coefficient (Wildman–Crippen LogP) is 5.97. The van der Waals surface area contributed by atoms with Gasteiger partial charge in [0.25, 0.3) is 0 Å². The summed E-state index contributed by atoms with van der Waals surface area (Å²) in [6.07, 6.45) is 1.36. The van der Waals surface area contributed by atoms with Crippen molar-refractivity contribution in [1.82, 2.24) is 0 Å². The molecule has 9 heteroatoms. The third-order valence-corrected chi connectivity index (χ3v) is 6.23. The van der Waals surface area contributed by atoms with Crippen LogP contribution in [0, 0.1) is 0 Å².